The Morgan fingerprint density at radius 2 is 1.88 bits per heavy atom. The Morgan fingerprint density at radius 3 is 2.48 bits per heavy atom. The Morgan fingerprint density at radius 1 is 1.21 bits per heavy atom. The third kappa shape index (κ3) is 5.24. The molecule has 0 spiro atoms. The number of nitrogens with zero attached hydrogens (tertiary/aromatic N) is 4. The molecule has 2 saturated heterocycles. The first-order valence-electron chi connectivity index (χ1n) is 11.9. The largest absolute Gasteiger partial charge is 0.401 e. The topological polar surface area (TPSA) is 121 Å². The Bertz CT molecular complexity index is 888. The van der Waals surface area contributed by atoms with Gasteiger partial charge < -0.3 is 25.9 Å². The molecule has 1 aromatic heterocycles. The molecule has 1 saturated carbocycles. The van der Waals surface area contributed by atoms with E-state index in [1.807, 2.05) is 32.9 Å². The zero-order valence-electron chi connectivity index (χ0n) is 19.9. The lowest BCUT2D eigenvalue weighted by Gasteiger charge is -2.42. The van der Waals surface area contributed by atoms with Gasteiger partial charge in [0, 0.05) is 55.5 Å². The summed E-state index contributed by atoms with van der Waals surface area (Å²) in [5.74, 6) is 6.53. The second-order valence-corrected chi connectivity index (χ2v) is 10.6. The Kier molecular flexibility index (Phi) is 6.52. The van der Waals surface area contributed by atoms with Gasteiger partial charge in [0.05, 0.1) is 6.04 Å². The normalized spacial score (nSPS) is 22.7. The van der Waals surface area contributed by atoms with E-state index >= 15 is 0 Å². The van der Waals surface area contributed by atoms with Crippen molar-refractivity contribution in [3.05, 3.63) is 36.4 Å². The van der Waals surface area contributed by atoms with Crippen molar-refractivity contribution in [2.24, 2.45) is 22.9 Å². The van der Waals surface area contributed by atoms with E-state index in [0.717, 1.165) is 43.7 Å². The van der Waals surface area contributed by atoms with Crippen LogP contribution in [0.15, 0.2) is 36.4 Å². The quantitative estimate of drug-likeness (QED) is 0.417. The fraction of sp³-hybridized carbons (Fsp3) is 0.625. The lowest BCUT2D eigenvalue weighted by molar-refractivity contribution is -0.145. The van der Waals surface area contributed by atoms with E-state index in [2.05, 4.69) is 15.2 Å². The minimum Gasteiger partial charge on any atom is -0.401 e. The van der Waals surface area contributed by atoms with Crippen LogP contribution in [0.1, 0.15) is 46.5 Å². The lowest BCUT2D eigenvalue weighted by Crippen LogP contribution is -2.63. The van der Waals surface area contributed by atoms with Crippen LogP contribution in [0.2, 0.25) is 0 Å². The van der Waals surface area contributed by atoms with Crippen molar-refractivity contribution in [1.82, 2.24) is 20.2 Å². The van der Waals surface area contributed by atoms with Crippen molar-refractivity contribution >= 4 is 17.5 Å². The first-order chi connectivity index (χ1) is 15.6. The van der Waals surface area contributed by atoms with Gasteiger partial charge in [0.1, 0.15) is 12.1 Å². The average molecular weight is 456 g/mol. The van der Waals surface area contributed by atoms with Crippen LogP contribution in [0.4, 0.5) is 5.69 Å². The summed E-state index contributed by atoms with van der Waals surface area (Å²) in [4.78, 5) is 34.7. The maximum Gasteiger partial charge on any atom is 0.248 e. The zero-order chi connectivity index (χ0) is 23.8. The minimum absolute atomic E-state index is 0.0777. The van der Waals surface area contributed by atoms with Gasteiger partial charge in [0.15, 0.2) is 0 Å². The number of hydrogen-bond donors (Lipinski definition) is 3. The fourth-order valence-electron chi connectivity index (χ4n) is 4.81. The second kappa shape index (κ2) is 9.21. The summed E-state index contributed by atoms with van der Waals surface area (Å²) in [5.41, 5.74) is 7.56. The first-order valence-corrected chi connectivity index (χ1v) is 11.9. The Labute approximate surface area is 196 Å². The number of aromatic nitrogens is 1. The maximum absolute atomic E-state index is 13.7. The number of carbonyl (C=O) groups is 2. The third-order valence-electron chi connectivity index (χ3n) is 6.79. The van der Waals surface area contributed by atoms with E-state index in [-0.39, 0.29) is 17.9 Å². The van der Waals surface area contributed by atoms with E-state index in [9.17, 15) is 9.59 Å². The minimum atomic E-state index is -0.603. The number of pyridine rings is 1. The van der Waals surface area contributed by atoms with Crippen LogP contribution in [0.5, 0.6) is 0 Å². The molecule has 5 N–H and O–H groups in total. The lowest BCUT2D eigenvalue weighted by atomic mass is 9.85. The van der Waals surface area contributed by atoms with Gasteiger partial charge in [-0.3, -0.25) is 14.6 Å². The number of likely N-dealkylation sites (tertiary alicyclic amines) is 1. The predicted molar refractivity (Wildman–Crippen MR) is 127 cm³/mol. The fourth-order valence-corrected chi connectivity index (χ4v) is 4.81. The molecular formula is C24H37N7O2. The molecule has 3 fully saturated rings. The van der Waals surface area contributed by atoms with Crippen molar-refractivity contribution in [2.45, 2.75) is 64.6 Å². The summed E-state index contributed by atoms with van der Waals surface area (Å²) in [6.07, 6.45) is 8.85. The molecule has 3 aliphatic rings. The van der Waals surface area contributed by atoms with E-state index in [1.54, 1.807) is 23.5 Å². The number of nitrogens with two attached hydrogens (primary N) is 2. The Hall–Kier alpha value is -2.81. The second-order valence-electron chi connectivity index (χ2n) is 10.6. The van der Waals surface area contributed by atoms with Crippen LogP contribution in [-0.2, 0) is 9.59 Å². The average Bonchev–Trinajstić information content (AvgIpc) is 3.46. The van der Waals surface area contributed by atoms with Gasteiger partial charge >= 0.3 is 0 Å². The van der Waals surface area contributed by atoms with E-state index in [0.29, 0.717) is 18.9 Å². The van der Waals surface area contributed by atoms with Gasteiger partial charge in [-0.25, -0.2) is 5.84 Å². The van der Waals surface area contributed by atoms with Crippen molar-refractivity contribution in [3.63, 3.8) is 0 Å². The summed E-state index contributed by atoms with van der Waals surface area (Å²) >= 11 is 0. The summed E-state index contributed by atoms with van der Waals surface area (Å²) in [7, 11) is 0. The summed E-state index contributed by atoms with van der Waals surface area (Å²) in [6.45, 7) is 8.04. The van der Waals surface area contributed by atoms with Gasteiger partial charge in [0.2, 0.25) is 11.8 Å². The molecule has 3 heterocycles. The predicted octanol–water partition coefficient (Wildman–Crippen LogP) is 1.18. The van der Waals surface area contributed by atoms with Gasteiger partial charge in [-0.15, -0.1) is 0 Å². The standard InChI is InChI=1S/C24H37N7O2/c1-24(2,3)21(31(26)15-19(25)16-6-7-16)23(33)30-12-4-5-20(30)22(32)28-17-13-29(14-17)18-8-10-27-11-9-18/h8-11,15-17,20-21H,4-7,12-14,25-26H2,1-3H3,(H,28,32)/b19-15-/t20-,21+/m0/s1. The van der Waals surface area contributed by atoms with Crippen molar-refractivity contribution < 1.29 is 9.59 Å². The molecular weight excluding hydrogens is 418 g/mol. The number of allylic oxidation sites excluding steroid dienone is 1. The smallest absolute Gasteiger partial charge is 0.248 e. The van der Waals surface area contributed by atoms with Crippen LogP contribution in [-0.4, -0.2) is 64.5 Å². The number of carbonyl (C=O) groups excluding carboxylic acids is 2. The summed E-state index contributed by atoms with van der Waals surface area (Å²) in [5, 5.41) is 4.60. The van der Waals surface area contributed by atoms with Crippen LogP contribution in [0, 0.1) is 11.3 Å². The van der Waals surface area contributed by atoms with Crippen molar-refractivity contribution in [2.75, 3.05) is 24.5 Å². The van der Waals surface area contributed by atoms with Gasteiger partial charge in [-0.05, 0) is 43.2 Å². The first kappa shape index (κ1) is 23.4. The van der Waals surface area contributed by atoms with Crippen LogP contribution >= 0.6 is 0 Å². The maximum atomic E-state index is 13.7. The number of amides is 2. The molecule has 0 bridgehead atoms. The van der Waals surface area contributed by atoms with Gasteiger partial charge in [-0.2, -0.15) is 0 Å². The van der Waals surface area contributed by atoms with Crippen molar-refractivity contribution in [1.29, 1.82) is 0 Å². The van der Waals surface area contributed by atoms with Crippen LogP contribution < -0.4 is 21.8 Å². The molecule has 9 nitrogen and oxygen atoms in total. The molecule has 0 aromatic carbocycles. The molecule has 2 aliphatic heterocycles. The molecule has 9 heteroatoms. The molecule has 0 unspecified atom stereocenters. The molecule has 180 valence electrons. The highest BCUT2D eigenvalue weighted by atomic mass is 16.2. The highest BCUT2D eigenvalue weighted by molar-refractivity contribution is 5.91. The molecule has 2 atom stereocenters. The molecule has 1 aliphatic carbocycles. The molecule has 2 amide bonds. The number of rotatable bonds is 7. The summed E-state index contributed by atoms with van der Waals surface area (Å²) in [6, 6.07) is 2.94. The molecule has 4 rings (SSSR count). The highest BCUT2D eigenvalue weighted by Gasteiger charge is 2.44. The van der Waals surface area contributed by atoms with E-state index < -0.39 is 17.5 Å². The highest BCUT2D eigenvalue weighted by Crippen LogP contribution is 2.35. The third-order valence-corrected chi connectivity index (χ3v) is 6.79. The molecule has 0 radical (unpaired) electrons. The number of anilines is 1. The number of hydrazine groups is 1. The van der Waals surface area contributed by atoms with Crippen LogP contribution in [0.3, 0.4) is 0 Å². The van der Waals surface area contributed by atoms with Crippen LogP contribution in [0.25, 0.3) is 0 Å². The molecule has 33 heavy (non-hydrogen) atoms. The van der Waals surface area contributed by atoms with Gasteiger partial charge in [0.25, 0.3) is 0 Å². The van der Waals surface area contributed by atoms with Gasteiger partial charge in [-0.1, -0.05) is 20.8 Å². The van der Waals surface area contributed by atoms with Crippen molar-refractivity contribution in [3.8, 4) is 0 Å². The summed E-state index contributed by atoms with van der Waals surface area (Å²) < 4.78 is 0. The monoisotopic (exact) mass is 455 g/mol. The van der Waals surface area contributed by atoms with E-state index in [4.69, 9.17) is 11.6 Å². The zero-order valence-corrected chi connectivity index (χ0v) is 19.9. The molecule has 1 aromatic rings. The SMILES string of the molecule is CC(C)(C)[C@@H](C(=O)N1CCC[C@H]1C(=O)NC1CN(c2ccncc2)C1)N(N)/C=C(\N)C1CC1. The van der Waals surface area contributed by atoms with E-state index in [1.165, 1.54) is 5.01 Å². The number of nitrogens with one attached hydrogen (secondary N) is 1. The Balaban J connectivity index is 1.39. The number of hydrogen-bond acceptors (Lipinski definition) is 7.